The van der Waals surface area contributed by atoms with Crippen molar-refractivity contribution in [2.24, 2.45) is 0 Å². The summed E-state index contributed by atoms with van der Waals surface area (Å²) >= 11 is 0. The maximum atomic E-state index is 11.9. The summed E-state index contributed by atoms with van der Waals surface area (Å²) in [6, 6.07) is 0. The summed E-state index contributed by atoms with van der Waals surface area (Å²) in [6.45, 7) is 4.33. The average molecular weight is 248 g/mol. The van der Waals surface area contributed by atoms with Gasteiger partial charge in [-0.15, -0.1) is 0 Å². The topological polar surface area (TPSA) is 112 Å². The average Bonchev–Trinajstić information content (AvgIpc) is 2.94. The van der Waals surface area contributed by atoms with Crippen molar-refractivity contribution in [3.8, 4) is 0 Å². The van der Waals surface area contributed by atoms with E-state index in [1.54, 1.807) is 12.5 Å². The summed E-state index contributed by atoms with van der Waals surface area (Å²) in [5.74, 6) is -0.100. The normalized spacial score (nSPS) is 10.8. The highest BCUT2D eigenvalue weighted by Crippen LogP contribution is 2.21. The quantitative estimate of drug-likeness (QED) is 0.640. The second-order valence-electron chi connectivity index (χ2n) is 4.31. The first kappa shape index (κ1) is 12.2. The van der Waals surface area contributed by atoms with Crippen LogP contribution in [0.5, 0.6) is 0 Å². The van der Waals surface area contributed by atoms with Crippen LogP contribution >= 0.6 is 0 Å². The van der Waals surface area contributed by atoms with Crippen LogP contribution in [-0.4, -0.2) is 26.1 Å². The first-order valence-electron chi connectivity index (χ1n) is 5.68. The molecular formula is C11H16N6O. The lowest BCUT2D eigenvalue weighted by Gasteiger charge is -2.03. The number of H-pyrrole nitrogens is 2. The number of rotatable bonds is 4. The van der Waals surface area contributed by atoms with Crippen molar-refractivity contribution in [2.45, 2.75) is 26.3 Å². The molecule has 0 aliphatic rings. The summed E-state index contributed by atoms with van der Waals surface area (Å²) < 4.78 is 0. The van der Waals surface area contributed by atoms with E-state index in [1.165, 1.54) is 0 Å². The number of imidazole rings is 1. The summed E-state index contributed by atoms with van der Waals surface area (Å²) in [7, 11) is 0. The van der Waals surface area contributed by atoms with Gasteiger partial charge >= 0.3 is 0 Å². The first-order valence-corrected chi connectivity index (χ1v) is 5.68. The van der Waals surface area contributed by atoms with Crippen molar-refractivity contribution < 1.29 is 4.79 Å². The van der Waals surface area contributed by atoms with Crippen molar-refractivity contribution in [1.29, 1.82) is 0 Å². The van der Waals surface area contributed by atoms with Crippen LogP contribution in [0.1, 0.15) is 41.6 Å². The van der Waals surface area contributed by atoms with Gasteiger partial charge in [-0.25, -0.2) is 4.98 Å². The Hall–Kier alpha value is -2.31. The van der Waals surface area contributed by atoms with Crippen molar-refractivity contribution >= 4 is 11.6 Å². The fourth-order valence-electron chi connectivity index (χ4n) is 1.62. The first-order chi connectivity index (χ1) is 8.59. The largest absolute Gasteiger partial charge is 0.395 e. The van der Waals surface area contributed by atoms with Crippen LogP contribution < -0.4 is 11.1 Å². The van der Waals surface area contributed by atoms with Crippen LogP contribution in [0, 0.1) is 0 Å². The summed E-state index contributed by atoms with van der Waals surface area (Å²) in [6.07, 6.45) is 3.20. The molecule has 18 heavy (non-hydrogen) atoms. The third-order valence-electron chi connectivity index (χ3n) is 2.62. The number of aromatic nitrogens is 4. The number of nitrogens with two attached hydrogens (primary N) is 1. The van der Waals surface area contributed by atoms with Gasteiger partial charge in [0.15, 0.2) is 5.69 Å². The number of hydrogen-bond donors (Lipinski definition) is 4. The minimum atomic E-state index is -0.301. The number of nitrogens with one attached hydrogen (secondary N) is 3. The standard InChI is InChI=1S/C11H16N6O/c1-6(2)9-8(12)10(17-16-9)11(18)14-4-7-3-13-5-15-7/h3,5-6H,4,12H2,1-2H3,(H,13,15)(H,14,18)(H,16,17). The molecule has 2 heterocycles. The van der Waals surface area contributed by atoms with Gasteiger partial charge in [-0.1, -0.05) is 13.8 Å². The Kier molecular flexibility index (Phi) is 3.31. The molecule has 0 atom stereocenters. The third kappa shape index (κ3) is 2.34. The van der Waals surface area contributed by atoms with Gasteiger partial charge < -0.3 is 16.0 Å². The predicted molar refractivity (Wildman–Crippen MR) is 66.8 cm³/mol. The molecule has 0 aliphatic carbocycles. The zero-order chi connectivity index (χ0) is 13.1. The molecule has 0 radical (unpaired) electrons. The molecule has 0 bridgehead atoms. The van der Waals surface area contributed by atoms with Gasteiger partial charge in [0.25, 0.3) is 5.91 Å². The van der Waals surface area contributed by atoms with Gasteiger partial charge in [-0.3, -0.25) is 9.89 Å². The summed E-state index contributed by atoms with van der Waals surface area (Å²) in [5, 5.41) is 9.46. The highest BCUT2D eigenvalue weighted by atomic mass is 16.1. The second kappa shape index (κ2) is 4.91. The molecule has 0 fully saturated rings. The minimum absolute atomic E-state index is 0.201. The smallest absolute Gasteiger partial charge is 0.274 e. The number of nitrogens with zero attached hydrogens (tertiary/aromatic N) is 2. The number of carbonyl (C=O) groups is 1. The lowest BCUT2D eigenvalue weighted by Crippen LogP contribution is -2.24. The van der Waals surface area contributed by atoms with Crippen molar-refractivity contribution in [3.63, 3.8) is 0 Å². The molecular weight excluding hydrogens is 232 g/mol. The summed E-state index contributed by atoms with van der Waals surface area (Å²) in [4.78, 5) is 18.6. The Labute approximate surface area is 104 Å². The molecule has 2 rings (SSSR count). The number of anilines is 1. The molecule has 7 nitrogen and oxygen atoms in total. The van der Waals surface area contributed by atoms with E-state index >= 15 is 0 Å². The van der Waals surface area contributed by atoms with Crippen molar-refractivity contribution in [3.05, 3.63) is 29.6 Å². The van der Waals surface area contributed by atoms with Crippen LogP contribution in [0.25, 0.3) is 0 Å². The van der Waals surface area contributed by atoms with E-state index in [2.05, 4.69) is 25.5 Å². The molecule has 96 valence electrons. The number of amides is 1. The van der Waals surface area contributed by atoms with Gasteiger partial charge in [-0.05, 0) is 5.92 Å². The fourth-order valence-corrected chi connectivity index (χ4v) is 1.62. The van der Waals surface area contributed by atoms with E-state index in [4.69, 9.17) is 5.73 Å². The van der Waals surface area contributed by atoms with Crippen LogP contribution in [0.15, 0.2) is 12.5 Å². The van der Waals surface area contributed by atoms with Gasteiger partial charge in [0, 0.05) is 6.20 Å². The molecule has 5 N–H and O–H groups in total. The maximum absolute atomic E-state index is 11.9. The van der Waals surface area contributed by atoms with Gasteiger partial charge in [0.05, 0.1) is 29.9 Å². The Balaban J connectivity index is 2.05. The third-order valence-corrected chi connectivity index (χ3v) is 2.62. The molecule has 0 saturated heterocycles. The Morgan fingerprint density at radius 3 is 2.89 bits per heavy atom. The fraction of sp³-hybridized carbons (Fsp3) is 0.364. The lowest BCUT2D eigenvalue weighted by atomic mass is 10.1. The highest BCUT2D eigenvalue weighted by molar-refractivity contribution is 5.97. The van der Waals surface area contributed by atoms with E-state index in [0.717, 1.165) is 11.4 Å². The molecule has 2 aromatic heterocycles. The molecule has 7 heteroatoms. The van der Waals surface area contributed by atoms with E-state index in [9.17, 15) is 4.79 Å². The van der Waals surface area contributed by atoms with Gasteiger partial charge in [0.1, 0.15) is 0 Å². The Bertz CT molecular complexity index is 528. The van der Waals surface area contributed by atoms with Gasteiger partial charge in [0.2, 0.25) is 0 Å². The second-order valence-corrected chi connectivity index (χ2v) is 4.31. The number of nitrogen functional groups attached to an aromatic ring is 1. The molecule has 0 aromatic carbocycles. The minimum Gasteiger partial charge on any atom is -0.395 e. The van der Waals surface area contributed by atoms with E-state index < -0.39 is 0 Å². The molecule has 0 spiro atoms. The SMILES string of the molecule is CC(C)c1[nH]nc(C(=O)NCc2cnc[nH]2)c1N. The number of carbonyl (C=O) groups excluding carboxylic acids is 1. The number of aromatic amines is 2. The monoisotopic (exact) mass is 248 g/mol. The van der Waals surface area contributed by atoms with E-state index in [0.29, 0.717) is 12.2 Å². The van der Waals surface area contributed by atoms with Crippen LogP contribution in [-0.2, 0) is 6.54 Å². The maximum Gasteiger partial charge on any atom is 0.274 e. The zero-order valence-electron chi connectivity index (χ0n) is 10.3. The Morgan fingerprint density at radius 2 is 2.33 bits per heavy atom. The molecule has 0 saturated carbocycles. The van der Waals surface area contributed by atoms with Gasteiger partial charge in [-0.2, -0.15) is 5.10 Å². The predicted octanol–water partition coefficient (Wildman–Crippen LogP) is 0.768. The molecule has 2 aromatic rings. The van der Waals surface area contributed by atoms with E-state index in [1.807, 2.05) is 13.8 Å². The van der Waals surface area contributed by atoms with E-state index in [-0.39, 0.29) is 17.5 Å². The Morgan fingerprint density at radius 1 is 1.56 bits per heavy atom. The van der Waals surface area contributed by atoms with Crippen LogP contribution in [0.3, 0.4) is 0 Å². The molecule has 1 amide bonds. The molecule has 0 aliphatic heterocycles. The van der Waals surface area contributed by atoms with Crippen LogP contribution in [0.2, 0.25) is 0 Å². The van der Waals surface area contributed by atoms with Crippen molar-refractivity contribution in [2.75, 3.05) is 5.73 Å². The summed E-state index contributed by atoms with van der Waals surface area (Å²) in [5.41, 5.74) is 8.12. The zero-order valence-corrected chi connectivity index (χ0v) is 10.3. The number of hydrogen-bond acceptors (Lipinski definition) is 4. The van der Waals surface area contributed by atoms with Crippen molar-refractivity contribution in [1.82, 2.24) is 25.5 Å². The molecule has 0 unspecified atom stereocenters. The van der Waals surface area contributed by atoms with Crippen LogP contribution in [0.4, 0.5) is 5.69 Å². The lowest BCUT2D eigenvalue weighted by molar-refractivity contribution is 0.0946. The highest BCUT2D eigenvalue weighted by Gasteiger charge is 2.18.